The number of aliphatic imine (C=N–C) groups is 1. The van der Waals surface area contributed by atoms with Crippen LogP contribution in [0.15, 0.2) is 29.3 Å². The number of aryl methyl sites for hydroxylation is 1. The highest BCUT2D eigenvalue weighted by atomic mass is 127. The van der Waals surface area contributed by atoms with Crippen molar-refractivity contribution in [3.05, 3.63) is 47.3 Å². The Hall–Kier alpha value is -1.75. The molecule has 0 saturated carbocycles. The van der Waals surface area contributed by atoms with E-state index in [2.05, 4.69) is 15.5 Å². The molecular formula is C19H30FIN6O. The molecule has 1 aromatic carbocycles. The maximum atomic E-state index is 13.1. The SMILES string of the molecule is CCOCCCNC(=NCc1nnc(C)n1C)N(C)Cc1ccc(F)cc1.I. The van der Waals surface area contributed by atoms with E-state index in [9.17, 15) is 4.39 Å². The van der Waals surface area contributed by atoms with E-state index in [1.807, 2.05) is 37.4 Å². The fourth-order valence-electron chi connectivity index (χ4n) is 2.50. The Labute approximate surface area is 183 Å². The summed E-state index contributed by atoms with van der Waals surface area (Å²) in [5.41, 5.74) is 1.01. The van der Waals surface area contributed by atoms with Gasteiger partial charge < -0.3 is 19.5 Å². The summed E-state index contributed by atoms with van der Waals surface area (Å²) >= 11 is 0. The zero-order valence-electron chi connectivity index (χ0n) is 17.0. The second kappa shape index (κ2) is 12.7. The number of nitrogens with one attached hydrogen (secondary N) is 1. The van der Waals surface area contributed by atoms with Crippen LogP contribution in [0.4, 0.5) is 4.39 Å². The molecule has 0 saturated heterocycles. The van der Waals surface area contributed by atoms with Gasteiger partial charge in [-0.15, -0.1) is 34.2 Å². The van der Waals surface area contributed by atoms with Crippen LogP contribution in [0, 0.1) is 12.7 Å². The third kappa shape index (κ3) is 7.70. The van der Waals surface area contributed by atoms with Crippen LogP contribution >= 0.6 is 24.0 Å². The fourth-order valence-corrected chi connectivity index (χ4v) is 2.50. The Balaban J connectivity index is 0.00000392. The molecule has 2 aromatic rings. The maximum absolute atomic E-state index is 13.1. The number of hydrogen-bond acceptors (Lipinski definition) is 4. The normalized spacial score (nSPS) is 11.2. The Bertz CT molecular complexity index is 735. The highest BCUT2D eigenvalue weighted by Gasteiger charge is 2.09. The molecule has 1 aromatic heterocycles. The largest absolute Gasteiger partial charge is 0.382 e. The number of ether oxygens (including phenoxy) is 1. The number of aromatic nitrogens is 3. The molecule has 1 heterocycles. The van der Waals surface area contributed by atoms with Crippen molar-refractivity contribution in [1.82, 2.24) is 25.0 Å². The smallest absolute Gasteiger partial charge is 0.194 e. The van der Waals surface area contributed by atoms with E-state index in [-0.39, 0.29) is 29.8 Å². The van der Waals surface area contributed by atoms with Gasteiger partial charge in [0, 0.05) is 40.4 Å². The van der Waals surface area contributed by atoms with Crippen LogP contribution in [-0.4, -0.2) is 52.4 Å². The van der Waals surface area contributed by atoms with E-state index in [1.54, 1.807) is 12.1 Å². The van der Waals surface area contributed by atoms with Crippen LogP contribution in [-0.2, 0) is 24.9 Å². The molecule has 0 amide bonds. The second-order valence-corrected chi connectivity index (χ2v) is 6.32. The number of benzene rings is 1. The zero-order valence-corrected chi connectivity index (χ0v) is 19.3. The number of guanidine groups is 1. The van der Waals surface area contributed by atoms with Gasteiger partial charge in [-0.25, -0.2) is 9.38 Å². The molecule has 7 nitrogen and oxygen atoms in total. The first-order chi connectivity index (χ1) is 13.0. The summed E-state index contributed by atoms with van der Waals surface area (Å²) in [4.78, 5) is 6.70. The zero-order chi connectivity index (χ0) is 19.6. The number of nitrogens with zero attached hydrogens (tertiary/aromatic N) is 5. The van der Waals surface area contributed by atoms with Gasteiger partial charge in [0.2, 0.25) is 0 Å². The molecule has 28 heavy (non-hydrogen) atoms. The van der Waals surface area contributed by atoms with Crippen molar-refractivity contribution in [2.75, 3.05) is 26.8 Å². The summed E-state index contributed by atoms with van der Waals surface area (Å²) in [7, 11) is 3.89. The van der Waals surface area contributed by atoms with E-state index < -0.39 is 0 Å². The molecule has 0 spiro atoms. The lowest BCUT2D eigenvalue weighted by Gasteiger charge is -2.22. The summed E-state index contributed by atoms with van der Waals surface area (Å²) in [5.74, 6) is 2.18. The molecule has 0 fully saturated rings. The van der Waals surface area contributed by atoms with Crippen LogP contribution in [0.1, 0.15) is 30.6 Å². The molecule has 0 unspecified atom stereocenters. The standard InChI is InChI=1S/C19H29FN6O.HI/c1-5-27-12-6-11-21-19(22-13-18-24-23-15(2)26(18)4)25(3)14-16-7-9-17(20)10-8-16;/h7-10H,5-6,11-14H2,1-4H3,(H,21,22);1H. The number of hydrogen-bond donors (Lipinski definition) is 1. The van der Waals surface area contributed by atoms with E-state index in [0.29, 0.717) is 19.7 Å². The van der Waals surface area contributed by atoms with Crippen LogP contribution in [0.25, 0.3) is 0 Å². The predicted molar refractivity (Wildman–Crippen MR) is 119 cm³/mol. The predicted octanol–water partition coefficient (Wildman–Crippen LogP) is 2.88. The van der Waals surface area contributed by atoms with E-state index in [4.69, 9.17) is 9.73 Å². The molecule has 9 heteroatoms. The van der Waals surface area contributed by atoms with Gasteiger partial charge >= 0.3 is 0 Å². The summed E-state index contributed by atoms with van der Waals surface area (Å²) in [6, 6.07) is 6.50. The van der Waals surface area contributed by atoms with Crippen molar-refractivity contribution in [2.45, 2.75) is 33.4 Å². The average Bonchev–Trinajstić information content (AvgIpc) is 2.97. The molecule has 0 atom stereocenters. The lowest BCUT2D eigenvalue weighted by atomic mass is 10.2. The fraction of sp³-hybridized carbons (Fsp3) is 0.526. The van der Waals surface area contributed by atoms with Gasteiger partial charge in [-0.2, -0.15) is 0 Å². The minimum Gasteiger partial charge on any atom is -0.382 e. The number of rotatable bonds is 9. The minimum atomic E-state index is -0.234. The summed E-state index contributed by atoms with van der Waals surface area (Å²) in [6.07, 6.45) is 0.889. The first kappa shape index (κ1) is 24.3. The monoisotopic (exact) mass is 504 g/mol. The topological polar surface area (TPSA) is 67.6 Å². The van der Waals surface area contributed by atoms with Crippen molar-refractivity contribution in [3.8, 4) is 0 Å². The lowest BCUT2D eigenvalue weighted by molar-refractivity contribution is 0.145. The summed E-state index contributed by atoms with van der Waals surface area (Å²) in [5, 5.41) is 11.6. The van der Waals surface area contributed by atoms with Gasteiger partial charge in [-0.05, 0) is 38.0 Å². The van der Waals surface area contributed by atoms with Gasteiger partial charge in [0.1, 0.15) is 18.2 Å². The van der Waals surface area contributed by atoms with E-state index >= 15 is 0 Å². The molecule has 1 N–H and O–H groups in total. The van der Waals surface area contributed by atoms with Crippen molar-refractivity contribution < 1.29 is 9.13 Å². The van der Waals surface area contributed by atoms with E-state index in [1.165, 1.54) is 12.1 Å². The highest BCUT2D eigenvalue weighted by Crippen LogP contribution is 2.07. The summed E-state index contributed by atoms with van der Waals surface area (Å²) < 4.78 is 20.4. The maximum Gasteiger partial charge on any atom is 0.194 e. The summed E-state index contributed by atoms with van der Waals surface area (Å²) in [6.45, 7) is 7.13. The van der Waals surface area contributed by atoms with Crippen LogP contribution in [0.2, 0.25) is 0 Å². The Kier molecular flexibility index (Phi) is 11.0. The lowest BCUT2D eigenvalue weighted by Crippen LogP contribution is -2.39. The van der Waals surface area contributed by atoms with Gasteiger partial charge in [-0.1, -0.05) is 12.1 Å². The van der Waals surface area contributed by atoms with Gasteiger partial charge in [0.05, 0.1) is 0 Å². The molecule has 0 aliphatic heterocycles. The first-order valence-corrected chi connectivity index (χ1v) is 9.17. The molecule has 0 radical (unpaired) electrons. The average molecular weight is 504 g/mol. The molecule has 0 bridgehead atoms. The van der Waals surface area contributed by atoms with Gasteiger partial charge in [-0.3, -0.25) is 0 Å². The van der Waals surface area contributed by atoms with Gasteiger partial charge in [0.25, 0.3) is 0 Å². The van der Waals surface area contributed by atoms with Crippen molar-refractivity contribution in [2.24, 2.45) is 12.0 Å². The molecule has 0 aliphatic carbocycles. The molecule has 2 rings (SSSR count). The van der Waals surface area contributed by atoms with Crippen molar-refractivity contribution in [1.29, 1.82) is 0 Å². The Morgan fingerprint density at radius 1 is 1.29 bits per heavy atom. The molecule has 156 valence electrons. The first-order valence-electron chi connectivity index (χ1n) is 9.17. The number of halogens is 2. The highest BCUT2D eigenvalue weighted by molar-refractivity contribution is 14.0. The molecular weight excluding hydrogens is 474 g/mol. The quantitative estimate of drug-likeness (QED) is 0.246. The Morgan fingerprint density at radius 2 is 2.00 bits per heavy atom. The Morgan fingerprint density at radius 3 is 2.61 bits per heavy atom. The van der Waals surface area contributed by atoms with Crippen LogP contribution in [0.5, 0.6) is 0 Å². The minimum absolute atomic E-state index is 0. The second-order valence-electron chi connectivity index (χ2n) is 6.32. The van der Waals surface area contributed by atoms with Crippen LogP contribution in [0.3, 0.4) is 0 Å². The van der Waals surface area contributed by atoms with Crippen molar-refractivity contribution in [3.63, 3.8) is 0 Å². The van der Waals surface area contributed by atoms with Crippen LogP contribution < -0.4 is 5.32 Å². The third-order valence-corrected chi connectivity index (χ3v) is 4.20. The third-order valence-electron chi connectivity index (χ3n) is 4.20. The van der Waals surface area contributed by atoms with E-state index in [0.717, 1.165) is 42.7 Å². The molecule has 0 aliphatic rings. The van der Waals surface area contributed by atoms with Crippen molar-refractivity contribution >= 4 is 29.9 Å². The van der Waals surface area contributed by atoms with Gasteiger partial charge in [0.15, 0.2) is 11.8 Å².